The largest absolute Gasteiger partial charge is 0.480 e. The van der Waals surface area contributed by atoms with Crippen molar-refractivity contribution in [3.05, 3.63) is 60.2 Å². The fourth-order valence-corrected chi connectivity index (χ4v) is 3.12. The first-order valence-electron chi connectivity index (χ1n) is 7.82. The number of benzene rings is 2. The van der Waals surface area contributed by atoms with E-state index in [2.05, 4.69) is 29.6 Å². The molecule has 2 aromatic rings. The molecule has 3 nitrogen and oxygen atoms in total. The van der Waals surface area contributed by atoms with Crippen molar-refractivity contribution >= 4 is 17.7 Å². The van der Waals surface area contributed by atoms with Gasteiger partial charge in [-0.2, -0.15) is 0 Å². The standard InChI is InChI=1S/C19H23NO2S/c1-14(2)12-18(19(21)22)20-13-15-8-10-17(11-9-15)23-16-6-4-3-5-7-16/h3-11,14,18,20H,12-13H2,1-2H3,(H,21,22). The molecule has 0 radical (unpaired) electrons. The molecule has 0 spiro atoms. The van der Waals surface area contributed by atoms with E-state index in [0.717, 1.165) is 5.56 Å². The van der Waals surface area contributed by atoms with Gasteiger partial charge in [0.15, 0.2) is 0 Å². The van der Waals surface area contributed by atoms with E-state index in [-0.39, 0.29) is 0 Å². The number of hydrogen-bond acceptors (Lipinski definition) is 3. The van der Waals surface area contributed by atoms with Crippen molar-refractivity contribution in [1.82, 2.24) is 5.32 Å². The minimum atomic E-state index is -0.782. The number of hydrogen-bond donors (Lipinski definition) is 2. The van der Waals surface area contributed by atoms with Crippen LogP contribution in [0.3, 0.4) is 0 Å². The Balaban J connectivity index is 1.90. The highest BCUT2D eigenvalue weighted by Gasteiger charge is 2.17. The summed E-state index contributed by atoms with van der Waals surface area (Å²) in [5.41, 5.74) is 1.09. The molecule has 0 amide bonds. The lowest BCUT2D eigenvalue weighted by atomic mass is 10.0. The summed E-state index contributed by atoms with van der Waals surface area (Å²) in [6, 6.07) is 18.0. The summed E-state index contributed by atoms with van der Waals surface area (Å²) >= 11 is 1.72. The van der Waals surface area contributed by atoms with E-state index in [0.29, 0.717) is 18.9 Å². The van der Waals surface area contributed by atoms with Crippen molar-refractivity contribution in [2.75, 3.05) is 0 Å². The van der Waals surface area contributed by atoms with Crippen molar-refractivity contribution in [3.8, 4) is 0 Å². The SMILES string of the molecule is CC(C)CC(NCc1ccc(Sc2ccccc2)cc1)C(=O)O. The number of carboxylic acids is 1. The lowest BCUT2D eigenvalue weighted by molar-refractivity contribution is -0.140. The summed E-state index contributed by atoms with van der Waals surface area (Å²) in [6.45, 7) is 4.64. The van der Waals surface area contributed by atoms with Crippen LogP contribution in [0.4, 0.5) is 0 Å². The molecule has 1 atom stereocenters. The predicted octanol–water partition coefficient (Wildman–Crippen LogP) is 4.43. The summed E-state index contributed by atoms with van der Waals surface area (Å²) in [4.78, 5) is 13.6. The number of carbonyl (C=O) groups is 1. The van der Waals surface area contributed by atoms with E-state index in [4.69, 9.17) is 0 Å². The third-order valence-electron chi connectivity index (χ3n) is 3.46. The predicted molar refractivity (Wildman–Crippen MR) is 94.7 cm³/mol. The fourth-order valence-electron chi connectivity index (χ4n) is 2.28. The van der Waals surface area contributed by atoms with Gasteiger partial charge < -0.3 is 10.4 Å². The van der Waals surface area contributed by atoms with E-state index in [1.54, 1.807) is 11.8 Å². The van der Waals surface area contributed by atoms with Gasteiger partial charge in [-0.15, -0.1) is 0 Å². The van der Waals surface area contributed by atoms with Crippen LogP contribution >= 0.6 is 11.8 Å². The maximum atomic E-state index is 11.2. The van der Waals surface area contributed by atoms with Crippen molar-refractivity contribution in [1.29, 1.82) is 0 Å². The molecule has 1 unspecified atom stereocenters. The average Bonchev–Trinajstić information content (AvgIpc) is 2.53. The van der Waals surface area contributed by atoms with E-state index < -0.39 is 12.0 Å². The van der Waals surface area contributed by atoms with Crippen LogP contribution in [-0.4, -0.2) is 17.1 Å². The average molecular weight is 329 g/mol. The Labute approximate surface area is 142 Å². The zero-order valence-corrected chi connectivity index (χ0v) is 14.3. The quantitative estimate of drug-likeness (QED) is 0.752. The van der Waals surface area contributed by atoms with Crippen LogP contribution in [0.1, 0.15) is 25.8 Å². The molecular formula is C19H23NO2S. The highest BCUT2D eigenvalue weighted by Crippen LogP contribution is 2.27. The third kappa shape index (κ3) is 6.08. The monoisotopic (exact) mass is 329 g/mol. The van der Waals surface area contributed by atoms with Crippen molar-refractivity contribution in [2.24, 2.45) is 5.92 Å². The number of nitrogens with one attached hydrogen (secondary N) is 1. The van der Waals surface area contributed by atoms with E-state index in [1.165, 1.54) is 9.79 Å². The number of aliphatic carboxylic acids is 1. The summed E-state index contributed by atoms with van der Waals surface area (Å²) in [7, 11) is 0. The summed E-state index contributed by atoms with van der Waals surface area (Å²) in [5.74, 6) is -0.428. The fraction of sp³-hybridized carbons (Fsp3) is 0.316. The smallest absolute Gasteiger partial charge is 0.320 e. The van der Waals surface area contributed by atoms with Crippen molar-refractivity contribution in [3.63, 3.8) is 0 Å². The molecule has 122 valence electrons. The van der Waals surface area contributed by atoms with Crippen LogP contribution < -0.4 is 5.32 Å². The molecule has 0 saturated carbocycles. The number of rotatable bonds is 8. The molecule has 0 bridgehead atoms. The first-order valence-corrected chi connectivity index (χ1v) is 8.64. The van der Waals surface area contributed by atoms with Gasteiger partial charge in [0.25, 0.3) is 0 Å². The van der Waals surface area contributed by atoms with Gasteiger partial charge in [0.1, 0.15) is 6.04 Å². The Hall–Kier alpha value is -1.78. The van der Waals surface area contributed by atoms with E-state index >= 15 is 0 Å². The molecule has 4 heteroatoms. The first-order chi connectivity index (χ1) is 11.0. The highest BCUT2D eigenvalue weighted by molar-refractivity contribution is 7.99. The molecule has 0 saturated heterocycles. The number of carboxylic acid groups (broad SMARTS) is 1. The minimum Gasteiger partial charge on any atom is -0.480 e. The van der Waals surface area contributed by atoms with Crippen molar-refractivity contribution in [2.45, 2.75) is 42.6 Å². The second-order valence-corrected chi connectivity index (χ2v) is 7.11. The molecule has 23 heavy (non-hydrogen) atoms. The molecule has 2 rings (SSSR count). The second kappa shape index (κ2) is 8.75. The van der Waals surface area contributed by atoms with Gasteiger partial charge in [-0.1, -0.05) is 55.9 Å². The molecule has 0 aliphatic carbocycles. The van der Waals surface area contributed by atoms with Crippen LogP contribution in [0.15, 0.2) is 64.4 Å². The summed E-state index contributed by atoms with van der Waals surface area (Å²) in [5, 5.41) is 12.4. The second-order valence-electron chi connectivity index (χ2n) is 5.96. The van der Waals surface area contributed by atoms with Crippen molar-refractivity contribution < 1.29 is 9.90 Å². The zero-order valence-electron chi connectivity index (χ0n) is 13.5. The van der Waals surface area contributed by atoms with Crippen LogP contribution in [0.5, 0.6) is 0 Å². The van der Waals surface area contributed by atoms with Crippen LogP contribution in [0.25, 0.3) is 0 Å². The van der Waals surface area contributed by atoms with Gasteiger partial charge in [-0.25, -0.2) is 0 Å². The molecular weight excluding hydrogens is 306 g/mol. The Morgan fingerprint density at radius 3 is 2.22 bits per heavy atom. The van der Waals surface area contributed by atoms with Crippen LogP contribution in [-0.2, 0) is 11.3 Å². The molecule has 0 heterocycles. The van der Waals surface area contributed by atoms with E-state index in [1.807, 2.05) is 44.2 Å². The maximum absolute atomic E-state index is 11.2. The zero-order chi connectivity index (χ0) is 16.7. The normalized spacial score (nSPS) is 12.3. The molecule has 0 aromatic heterocycles. The Morgan fingerprint density at radius 2 is 1.65 bits per heavy atom. The molecule has 2 N–H and O–H groups in total. The van der Waals surface area contributed by atoms with Gasteiger partial charge in [0, 0.05) is 16.3 Å². The summed E-state index contributed by atoms with van der Waals surface area (Å²) < 4.78 is 0. The molecule has 2 aromatic carbocycles. The van der Waals surface area contributed by atoms with Crippen LogP contribution in [0, 0.1) is 5.92 Å². The Kier molecular flexibility index (Phi) is 6.68. The maximum Gasteiger partial charge on any atom is 0.320 e. The van der Waals surface area contributed by atoms with Gasteiger partial charge in [-0.05, 0) is 42.2 Å². The first kappa shape index (κ1) is 17.6. The third-order valence-corrected chi connectivity index (χ3v) is 4.48. The molecule has 0 fully saturated rings. The lowest BCUT2D eigenvalue weighted by Crippen LogP contribution is -2.37. The highest BCUT2D eigenvalue weighted by atomic mass is 32.2. The summed E-state index contributed by atoms with van der Waals surface area (Å²) in [6.07, 6.45) is 0.636. The van der Waals surface area contributed by atoms with Gasteiger partial charge in [-0.3, -0.25) is 4.79 Å². The van der Waals surface area contributed by atoms with Crippen LogP contribution in [0.2, 0.25) is 0 Å². The van der Waals surface area contributed by atoms with E-state index in [9.17, 15) is 9.90 Å². The van der Waals surface area contributed by atoms with Gasteiger partial charge in [0.2, 0.25) is 0 Å². The van der Waals surface area contributed by atoms with Gasteiger partial charge in [0.05, 0.1) is 0 Å². The molecule has 0 aliphatic rings. The van der Waals surface area contributed by atoms with Gasteiger partial charge >= 0.3 is 5.97 Å². The minimum absolute atomic E-state index is 0.355. The Bertz CT molecular complexity index is 611. The molecule has 0 aliphatic heterocycles. The topological polar surface area (TPSA) is 49.3 Å². The Morgan fingerprint density at radius 1 is 1.04 bits per heavy atom. The lowest BCUT2D eigenvalue weighted by Gasteiger charge is -2.16.